The monoisotopic (exact) mass is 115 g/mol. The summed E-state index contributed by atoms with van der Waals surface area (Å²) in [6.45, 7) is 7.17. The van der Waals surface area contributed by atoms with Gasteiger partial charge in [-0.3, -0.25) is 0 Å². The van der Waals surface area contributed by atoms with Crippen LogP contribution in [-0.2, 0) is 9.16 Å². The Bertz CT molecular complexity index is 105. The Kier molecular flexibility index (Phi) is 1.24. The maximum Gasteiger partial charge on any atom is 0.472 e. The standard InChI is InChI=1S/C6H11O2/c1-6(2)3-7-5-8-4-6/h5H,3-4H2,1-2H3/q+1. The maximum absolute atomic E-state index is 4.94. The lowest BCUT2D eigenvalue weighted by Crippen LogP contribution is -2.28. The van der Waals surface area contributed by atoms with E-state index in [9.17, 15) is 0 Å². The van der Waals surface area contributed by atoms with Crippen molar-refractivity contribution in [3.8, 4) is 0 Å². The van der Waals surface area contributed by atoms with Crippen molar-refractivity contribution in [2.75, 3.05) is 13.2 Å². The lowest BCUT2D eigenvalue weighted by atomic mass is 9.96. The van der Waals surface area contributed by atoms with E-state index in [1.54, 1.807) is 0 Å². The molecule has 8 heavy (non-hydrogen) atoms. The summed E-state index contributed by atoms with van der Waals surface area (Å²) in [5.74, 6) is 0. The summed E-state index contributed by atoms with van der Waals surface area (Å²) < 4.78 is 9.88. The van der Waals surface area contributed by atoms with E-state index in [-0.39, 0.29) is 5.41 Å². The summed E-state index contributed by atoms with van der Waals surface area (Å²) in [6, 6.07) is 0. The van der Waals surface area contributed by atoms with Gasteiger partial charge in [0.2, 0.25) is 0 Å². The fourth-order valence-electron chi connectivity index (χ4n) is 0.609. The smallest absolute Gasteiger partial charge is 0.323 e. The third-order valence-corrected chi connectivity index (χ3v) is 1.08. The molecule has 1 heterocycles. The molecule has 0 N–H and O–H groups in total. The fourth-order valence-corrected chi connectivity index (χ4v) is 0.609. The zero-order valence-corrected chi connectivity index (χ0v) is 5.31. The quantitative estimate of drug-likeness (QED) is 0.337. The van der Waals surface area contributed by atoms with Gasteiger partial charge in [-0.1, -0.05) is 0 Å². The predicted octanol–water partition coefficient (Wildman–Crippen LogP) is 0.735. The normalized spacial score (nSPS) is 24.8. The van der Waals surface area contributed by atoms with Crippen molar-refractivity contribution in [2.24, 2.45) is 5.41 Å². The van der Waals surface area contributed by atoms with E-state index in [4.69, 9.17) is 9.16 Å². The van der Waals surface area contributed by atoms with E-state index in [1.165, 1.54) is 6.47 Å². The predicted molar refractivity (Wildman–Crippen MR) is 30.7 cm³/mol. The van der Waals surface area contributed by atoms with Crippen LogP contribution >= 0.6 is 0 Å². The van der Waals surface area contributed by atoms with Crippen molar-refractivity contribution in [3.05, 3.63) is 0 Å². The third-order valence-electron chi connectivity index (χ3n) is 1.08. The molecular formula is C6H11O2+. The van der Waals surface area contributed by atoms with Gasteiger partial charge in [0.05, 0.1) is 5.41 Å². The van der Waals surface area contributed by atoms with Gasteiger partial charge < -0.3 is 9.16 Å². The topological polar surface area (TPSA) is 20.5 Å². The van der Waals surface area contributed by atoms with Gasteiger partial charge in [0.1, 0.15) is 0 Å². The Labute approximate surface area is 49.2 Å². The summed E-state index contributed by atoms with van der Waals surface area (Å²) in [6.07, 6.45) is 0. The van der Waals surface area contributed by atoms with Crippen LogP contribution in [0.2, 0.25) is 0 Å². The molecule has 0 aromatic carbocycles. The fraction of sp³-hybridized carbons (Fsp3) is 0.833. The number of hydrogen-bond acceptors (Lipinski definition) is 1. The molecule has 1 aliphatic heterocycles. The molecule has 0 atom stereocenters. The number of carbonyl (C=O) groups excluding carboxylic acids is 1. The number of cyclic esters (lactones) is 1. The summed E-state index contributed by atoms with van der Waals surface area (Å²) in [5.41, 5.74) is 0.203. The first-order chi connectivity index (χ1) is 3.71. The van der Waals surface area contributed by atoms with Gasteiger partial charge in [0.25, 0.3) is 0 Å². The van der Waals surface area contributed by atoms with Gasteiger partial charge in [-0.15, -0.1) is 0 Å². The number of rotatable bonds is 0. The Morgan fingerprint density at radius 1 is 1.62 bits per heavy atom. The highest BCUT2D eigenvalue weighted by atomic mass is 16.6. The molecular weight excluding hydrogens is 104 g/mol. The number of hydrogen-bond donors (Lipinski definition) is 0. The molecule has 46 valence electrons. The Balaban J connectivity index is 2.50. The first kappa shape index (κ1) is 5.60. The Hall–Kier alpha value is -0.530. The van der Waals surface area contributed by atoms with E-state index in [0.717, 1.165) is 13.2 Å². The van der Waals surface area contributed by atoms with Crippen LogP contribution in [0.5, 0.6) is 0 Å². The molecule has 0 amide bonds. The van der Waals surface area contributed by atoms with Gasteiger partial charge in [-0.05, 0) is 13.8 Å². The van der Waals surface area contributed by atoms with Crippen LogP contribution in [-0.4, -0.2) is 19.7 Å². The average molecular weight is 115 g/mol. The van der Waals surface area contributed by atoms with Crippen LogP contribution in [0.1, 0.15) is 13.8 Å². The second kappa shape index (κ2) is 1.77. The Morgan fingerprint density at radius 2 is 2.38 bits per heavy atom. The van der Waals surface area contributed by atoms with E-state index in [2.05, 4.69) is 13.8 Å². The minimum absolute atomic E-state index is 0.203. The van der Waals surface area contributed by atoms with Crippen LogP contribution in [0.4, 0.5) is 0 Å². The zero-order chi connectivity index (χ0) is 6.04. The summed E-state index contributed by atoms with van der Waals surface area (Å²) in [5, 5.41) is 0. The van der Waals surface area contributed by atoms with Crippen LogP contribution < -0.4 is 0 Å². The van der Waals surface area contributed by atoms with Crippen molar-refractivity contribution < 1.29 is 9.16 Å². The molecule has 0 aromatic heterocycles. The highest BCUT2D eigenvalue weighted by Crippen LogP contribution is 2.15. The third kappa shape index (κ3) is 1.22. The second-order valence-corrected chi connectivity index (χ2v) is 2.88. The van der Waals surface area contributed by atoms with Crippen molar-refractivity contribution in [1.82, 2.24) is 0 Å². The summed E-state index contributed by atoms with van der Waals surface area (Å²) in [4.78, 5) is 0. The zero-order valence-electron chi connectivity index (χ0n) is 5.31. The van der Waals surface area contributed by atoms with E-state index in [0.29, 0.717) is 0 Å². The molecule has 0 saturated carbocycles. The molecule has 1 rings (SSSR count). The van der Waals surface area contributed by atoms with Crippen LogP contribution in [0, 0.1) is 5.41 Å². The lowest BCUT2D eigenvalue weighted by molar-refractivity contribution is -0.491. The molecule has 0 fully saturated rings. The minimum atomic E-state index is 0.203. The molecule has 1 aliphatic rings. The SMILES string of the molecule is CC1(C)COC=[O+]C1. The average Bonchev–Trinajstić information content (AvgIpc) is 1.65. The largest absolute Gasteiger partial charge is 0.472 e. The number of ether oxygens (including phenoxy) is 1. The van der Waals surface area contributed by atoms with Crippen molar-refractivity contribution >= 4 is 6.47 Å². The van der Waals surface area contributed by atoms with Gasteiger partial charge in [0.15, 0.2) is 13.2 Å². The second-order valence-electron chi connectivity index (χ2n) is 2.88. The molecule has 0 unspecified atom stereocenters. The highest BCUT2D eigenvalue weighted by Gasteiger charge is 2.27. The van der Waals surface area contributed by atoms with E-state index < -0.39 is 0 Å². The molecule has 2 nitrogen and oxygen atoms in total. The molecule has 0 saturated heterocycles. The molecule has 0 radical (unpaired) electrons. The van der Waals surface area contributed by atoms with Crippen molar-refractivity contribution in [3.63, 3.8) is 0 Å². The maximum atomic E-state index is 4.94. The first-order valence-electron chi connectivity index (χ1n) is 2.76. The molecule has 0 aliphatic carbocycles. The van der Waals surface area contributed by atoms with Crippen molar-refractivity contribution in [1.29, 1.82) is 0 Å². The van der Waals surface area contributed by atoms with E-state index in [1.807, 2.05) is 0 Å². The molecule has 2 heteroatoms. The first-order valence-corrected chi connectivity index (χ1v) is 2.76. The van der Waals surface area contributed by atoms with Crippen LogP contribution in [0.15, 0.2) is 0 Å². The van der Waals surface area contributed by atoms with Gasteiger partial charge in [-0.2, -0.15) is 0 Å². The lowest BCUT2D eigenvalue weighted by Gasteiger charge is -2.15. The van der Waals surface area contributed by atoms with Crippen LogP contribution in [0.25, 0.3) is 0 Å². The van der Waals surface area contributed by atoms with Crippen LogP contribution in [0.3, 0.4) is 0 Å². The molecule has 0 spiro atoms. The minimum Gasteiger partial charge on any atom is -0.323 e. The molecule has 0 bridgehead atoms. The van der Waals surface area contributed by atoms with Gasteiger partial charge in [0, 0.05) is 0 Å². The highest BCUT2D eigenvalue weighted by molar-refractivity contribution is 5.38. The van der Waals surface area contributed by atoms with Crippen molar-refractivity contribution in [2.45, 2.75) is 13.8 Å². The van der Waals surface area contributed by atoms with E-state index >= 15 is 0 Å². The van der Waals surface area contributed by atoms with Gasteiger partial charge in [-0.25, -0.2) is 0 Å². The molecule has 0 aromatic rings. The summed E-state index contributed by atoms with van der Waals surface area (Å²) >= 11 is 0. The summed E-state index contributed by atoms with van der Waals surface area (Å²) in [7, 11) is 0. The van der Waals surface area contributed by atoms with Gasteiger partial charge >= 0.3 is 6.47 Å². The Morgan fingerprint density at radius 3 is 2.62 bits per heavy atom.